The average molecular weight is 283 g/mol. The summed E-state index contributed by atoms with van der Waals surface area (Å²) in [6.45, 7) is 0.900. The monoisotopic (exact) mass is 282 g/mol. The molecule has 0 fully saturated rings. The van der Waals surface area contributed by atoms with E-state index in [9.17, 15) is 0 Å². The first kappa shape index (κ1) is 14.2. The molecule has 0 atom stereocenters. The van der Waals surface area contributed by atoms with Crippen molar-refractivity contribution in [2.45, 2.75) is 6.54 Å². The van der Waals surface area contributed by atoms with Crippen LogP contribution in [0.3, 0.4) is 0 Å². The molecule has 3 aromatic rings. The highest BCUT2D eigenvalue weighted by Crippen LogP contribution is 2.15. The minimum Gasteiger partial charge on any atom is -1.00 e. The van der Waals surface area contributed by atoms with Crippen LogP contribution in [0.4, 0.5) is 0 Å². The van der Waals surface area contributed by atoms with Crippen molar-refractivity contribution in [2.75, 3.05) is 0 Å². The second kappa shape index (κ2) is 6.83. The maximum absolute atomic E-state index is 4.04. The number of pyridine rings is 2. The minimum atomic E-state index is 0. The fourth-order valence-electron chi connectivity index (χ4n) is 2.09. The molecule has 0 N–H and O–H groups in total. The van der Waals surface area contributed by atoms with E-state index in [1.54, 1.807) is 0 Å². The molecule has 0 aliphatic carbocycles. The van der Waals surface area contributed by atoms with E-state index in [0.717, 1.165) is 6.54 Å². The molecule has 2 nitrogen and oxygen atoms in total. The van der Waals surface area contributed by atoms with Gasteiger partial charge in [-0.1, -0.05) is 30.3 Å². The molecular weight excluding hydrogens is 268 g/mol. The van der Waals surface area contributed by atoms with Crippen molar-refractivity contribution in [3.8, 4) is 11.1 Å². The topological polar surface area (TPSA) is 16.8 Å². The summed E-state index contributed by atoms with van der Waals surface area (Å²) >= 11 is 0. The van der Waals surface area contributed by atoms with Gasteiger partial charge in [-0.2, -0.15) is 0 Å². The summed E-state index contributed by atoms with van der Waals surface area (Å²) in [7, 11) is 0. The highest BCUT2D eigenvalue weighted by molar-refractivity contribution is 5.61. The number of hydrogen-bond acceptors (Lipinski definition) is 1. The minimum absolute atomic E-state index is 0. The van der Waals surface area contributed by atoms with Crippen molar-refractivity contribution in [2.24, 2.45) is 0 Å². The molecule has 0 aliphatic rings. The molecule has 0 unspecified atom stereocenters. The zero-order valence-electron chi connectivity index (χ0n) is 11.0. The molecule has 0 amide bonds. The van der Waals surface area contributed by atoms with Gasteiger partial charge in [-0.3, -0.25) is 4.98 Å². The first-order chi connectivity index (χ1) is 9.42. The molecule has 0 radical (unpaired) electrons. The van der Waals surface area contributed by atoms with E-state index in [1.165, 1.54) is 16.7 Å². The van der Waals surface area contributed by atoms with Crippen molar-refractivity contribution in [3.63, 3.8) is 0 Å². The van der Waals surface area contributed by atoms with Crippen LogP contribution < -0.4 is 17.0 Å². The molecule has 2 heterocycles. The lowest BCUT2D eigenvalue weighted by molar-refractivity contribution is -0.688. The predicted octanol–water partition coefficient (Wildman–Crippen LogP) is 0.0884. The summed E-state index contributed by atoms with van der Waals surface area (Å²) in [5.41, 5.74) is 3.72. The summed E-state index contributed by atoms with van der Waals surface area (Å²) in [6.07, 6.45) is 7.87. The Morgan fingerprint density at radius 1 is 0.750 bits per heavy atom. The zero-order valence-corrected chi connectivity index (χ0v) is 11.7. The van der Waals surface area contributed by atoms with Crippen LogP contribution in [0.5, 0.6) is 0 Å². The normalized spacial score (nSPS) is 9.80. The van der Waals surface area contributed by atoms with Gasteiger partial charge in [0.2, 0.25) is 0 Å². The van der Waals surface area contributed by atoms with Gasteiger partial charge in [-0.05, 0) is 23.3 Å². The zero-order chi connectivity index (χ0) is 12.9. The summed E-state index contributed by atoms with van der Waals surface area (Å²) < 4.78 is 2.18. The van der Waals surface area contributed by atoms with E-state index in [2.05, 4.69) is 58.3 Å². The molecule has 2 aromatic heterocycles. The van der Waals surface area contributed by atoms with Crippen molar-refractivity contribution < 1.29 is 17.0 Å². The van der Waals surface area contributed by atoms with Crippen LogP contribution in [-0.4, -0.2) is 4.98 Å². The number of halogens is 1. The van der Waals surface area contributed by atoms with E-state index in [0.29, 0.717) is 0 Å². The predicted molar refractivity (Wildman–Crippen MR) is 75.4 cm³/mol. The molecule has 0 saturated heterocycles. The summed E-state index contributed by atoms with van der Waals surface area (Å²) in [5, 5.41) is 0. The smallest absolute Gasteiger partial charge is 0.173 e. The Morgan fingerprint density at radius 3 is 2.00 bits per heavy atom. The Bertz CT molecular complexity index is 637. The van der Waals surface area contributed by atoms with Crippen LogP contribution >= 0.6 is 0 Å². The highest BCUT2D eigenvalue weighted by atomic mass is 35.5. The van der Waals surface area contributed by atoms with Crippen molar-refractivity contribution >= 4 is 0 Å². The van der Waals surface area contributed by atoms with E-state index in [4.69, 9.17) is 0 Å². The van der Waals surface area contributed by atoms with Crippen LogP contribution in [0.1, 0.15) is 5.56 Å². The van der Waals surface area contributed by atoms with Crippen LogP contribution in [0.15, 0.2) is 79.4 Å². The highest BCUT2D eigenvalue weighted by Gasteiger charge is 2.03. The van der Waals surface area contributed by atoms with Crippen molar-refractivity contribution in [1.29, 1.82) is 0 Å². The lowest BCUT2D eigenvalue weighted by Crippen LogP contribution is -3.00. The van der Waals surface area contributed by atoms with Crippen LogP contribution in [0.2, 0.25) is 0 Å². The van der Waals surface area contributed by atoms with Gasteiger partial charge in [0.15, 0.2) is 18.9 Å². The lowest BCUT2D eigenvalue weighted by atomic mass is 10.1. The summed E-state index contributed by atoms with van der Waals surface area (Å²) in [4.78, 5) is 4.04. The Labute approximate surface area is 125 Å². The lowest BCUT2D eigenvalue weighted by Gasteiger charge is -2.01. The third-order valence-electron chi connectivity index (χ3n) is 3.11. The Hall–Kier alpha value is -2.19. The fourth-order valence-corrected chi connectivity index (χ4v) is 2.09. The number of rotatable bonds is 3. The molecule has 100 valence electrons. The molecule has 0 saturated carbocycles. The number of benzene rings is 1. The van der Waals surface area contributed by atoms with Gasteiger partial charge >= 0.3 is 0 Å². The largest absolute Gasteiger partial charge is 1.00 e. The fraction of sp³-hybridized carbons (Fsp3) is 0.0588. The number of aromatic nitrogens is 2. The maximum Gasteiger partial charge on any atom is 0.173 e. The van der Waals surface area contributed by atoms with Gasteiger partial charge in [0.05, 0.1) is 0 Å². The second-order valence-corrected chi connectivity index (χ2v) is 4.48. The van der Waals surface area contributed by atoms with Crippen LogP contribution in [0, 0.1) is 0 Å². The molecule has 20 heavy (non-hydrogen) atoms. The Morgan fingerprint density at radius 2 is 1.35 bits per heavy atom. The standard InChI is InChI=1S/C17H15N2.ClH/c1-2-4-15(5-3-1)14-19-12-8-17(9-13-19)16-6-10-18-11-7-16;/h1-13H,14H2;1H/q+1;/p-1. The van der Waals surface area contributed by atoms with Gasteiger partial charge in [0, 0.05) is 30.1 Å². The van der Waals surface area contributed by atoms with E-state index < -0.39 is 0 Å². The first-order valence-electron chi connectivity index (χ1n) is 6.35. The molecule has 1 aromatic carbocycles. The van der Waals surface area contributed by atoms with Crippen molar-refractivity contribution in [1.82, 2.24) is 4.98 Å². The van der Waals surface area contributed by atoms with Gasteiger partial charge in [-0.15, -0.1) is 0 Å². The van der Waals surface area contributed by atoms with Gasteiger partial charge in [-0.25, -0.2) is 4.57 Å². The van der Waals surface area contributed by atoms with Gasteiger partial charge in [0.1, 0.15) is 0 Å². The van der Waals surface area contributed by atoms with Crippen molar-refractivity contribution in [3.05, 3.63) is 84.9 Å². The van der Waals surface area contributed by atoms with Gasteiger partial charge < -0.3 is 12.4 Å². The SMILES string of the molecule is [Cl-].c1ccc(C[n+]2ccc(-c3ccncc3)cc2)cc1. The van der Waals surface area contributed by atoms with E-state index in [1.807, 2.05) is 30.6 Å². The van der Waals surface area contributed by atoms with E-state index in [-0.39, 0.29) is 12.4 Å². The molecule has 0 bridgehead atoms. The summed E-state index contributed by atoms with van der Waals surface area (Å²) in [5.74, 6) is 0. The van der Waals surface area contributed by atoms with Crippen LogP contribution in [0.25, 0.3) is 11.1 Å². The molecule has 3 heteroatoms. The number of hydrogen-bond donors (Lipinski definition) is 0. The summed E-state index contributed by atoms with van der Waals surface area (Å²) in [6, 6.07) is 18.8. The molecule has 3 rings (SSSR count). The molecule has 0 spiro atoms. The molecule has 0 aliphatic heterocycles. The second-order valence-electron chi connectivity index (χ2n) is 4.48. The van der Waals surface area contributed by atoms with Crippen LogP contribution in [-0.2, 0) is 6.54 Å². The number of nitrogens with zero attached hydrogens (tertiary/aromatic N) is 2. The first-order valence-corrected chi connectivity index (χ1v) is 6.35. The average Bonchev–Trinajstić information content (AvgIpc) is 2.50. The van der Waals surface area contributed by atoms with E-state index >= 15 is 0 Å². The Balaban J connectivity index is 0.00000147. The quantitative estimate of drug-likeness (QED) is 0.622. The molecular formula is C17H15ClN2. The third kappa shape index (κ3) is 3.43. The Kier molecular flexibility index (Phi) is 4.85. The van der Waals surface area contributed by atoms with Gasteiger partial charge in [0.25, 0.3) is 0 Å². The maximum atomic E-state index is 4.04. The third-order valence-corrected chi connectivity index (χ3v) is 3.11.